The summed E-state index contributed by atoms with van der Waals surface area (Å²) >= 11 is 5.93. The zero-order chi connectivity index (χ0) is 21.5. The fourth-order valence-electron chi connectivity index (χ4n) is 2.89. The van der Waals surface area contributed by atoms with Gasteiger partial charge in [-0.2, -0.15) is 10.2 Å². The Labute approximate surface area is 184 Å². The fraction of sp³-hybridized carbons (Fsp3) is 0.0417. The Morgan fingerprint density at radius 3 is 2.58 bits per heavy atom. The molecule has 1 heterocycles. The van der Waals surface area contributed by atoms with Crippen LogP contribution in [0.25, 0.3) is 11.3 Å². The van der Waals surface area contributed by atoms with Crippen LogP contribution in [0.1, 0.15) is 21.6 Å². The summed E-state index contributed by atoms with van der Waals surface area (Å²) in [5, 5.41) is 11.7. The van der Waals surface area contributed by atoms with E-state index in [1.807, 2.05) is 78.9 Å². The van der Waals surface area contributed by atoms with Crippen molar-refractivity contribution >= 4 is 23.7 Å². The Balaban J connectivity index is 1.44. The van der Waals surface area contributed by atoms with Gasteiger partial charge >= 0.3 is 0 Å². The number of para-hydroxylation sites is 1. The topological polar surface area (TPSA) is 79.4 Å². The second-order valence-corrected chi connectivity index (χ2v) is 7.12. The highest BCUT2D eigenvalue weighted by atomic mass is 35.5. The van der Waals surface area contributed by atoms with Gasteiger partial charge in [-0.25, -0.2) is 5.43 Å². The molecule has 0 aliphatic carbocycles. The van der Waals surface area contributed by atoms with Crippen molar-refractivity contribution in [3.63, 3.8) is 0 Å². The molecule has 0 saturated carbocycles. The average Bonchev–Trinajstić information content (AvgIpc) is 3.30. The number of benzene rings is 3. The second kappa shape index (κ2) is 9.73. The van der Waals surface area contributed by atoms with Crippen molar-refractivity contribution in [1.82, 2.24) is 15.6 Å². The lowest BCUT2D eigenvalue weighted by molar-refractivity contribution is 0.0950. The first-order chi connectivity index (χ1) is 15.2. The predicted molar refractivity (Wildman–Crippen MR) is 121 cm³/mol. The number of rotatable bonds is 7. The first-order valence-electron chi connectivity index (χ1n) is 9.59. The van der Waals surface area contributed by atoms with Gasteiger partial charge < -0.3 is 4.74 Å². The first-order valence-corrected chi connectivity index (χ1v) is 9.97. The molecular formula is C24H19ClN4O2. The van der Waals surface area contributed by atoms with Crippen LogP contribution in [-0.2, 0) is 6.61 Å². The van der Waals surface area contributed by atoms with Crippen LogP contribution in [0, 0.1) is 0 Å². The maximum absolute atomic E-state index is 12.4. The van der Waals surface area contributed by atoms with Crippen LogP contribution in [0.2, 0.25) is 5.02 Å². The Morgan fingerprint density at radius 2 is 1.77 bits per heavy atom. The maximum atomic E-state index is 12.4. The Kier molecular flexibility index (Phi) is 6.40. The molecule has 4 rings (SSSR count). The third-order valence-corrected chi connectivity index (χ3v) is 4.72. The number of carbonyl (C=O) groups is 1. The van der Waals surface area contributed by atoms with Crippen molar-refractivity contribution in [1.29, 1.82) is 0 Å². The molecule has 31 heavy (non-hydrogen) atoms. The number of carbonyl (C=O) groups excluding carboxylic acids is 1. The maximum Gasteiger partial charge on any atom is 0.289 e. The molecule has 0 spiro atoms. The number of hydrogen-bond acceptors (Lipinski definition) is 4. The van der Waals surface area contributed by atoms with E-state index in [0.29, 0.717) is 28.8 Å². The summed E-state index contributed by atoms with van der Waals surface area (Å²) in [4.78, 5) is 12.4. The molecule has 1 aromatic heterocycles. The minimum absolute atomic E-state index is 0.299. The van der Waals surface area contributed by atoms with E-state index in [1.165, 1.54) is 0 Å². The highest BCUT2D eigenvalue weighted by Crippen LogP contribution is 2.29. The van der Waals surface area contributed by atoms with Gasteiger partial charge in [-0.15, -0.1) is 0 Å². The number of nitrogens with zero attached hydrogens (tertiary/aromatic N) is 2. The second-order valence-electron chi connectivity index (χ2n) is 6.69. The van der Waals surface area contributed by atoms with E-state index in [9.17, 15) is 4.79 Å². The molecule has 6 nitrogen and oxygen atoms in total. The van der Waals surface area contributed by atoms with Crippen molar-refractivity contribution in [2.24, 2.45) is 5.10 Å². The van der Waals surface area contributed by atoms with Crippen molar-refractivity contribution < 1.29 is 9.53 Å². The summed E-state index contributed by atoms with van der Waals surface area (Å²) in [6, 6.07) is 26.2. The van der Waals surface area contributed by atoms with E-state index in [4.69, 9.17) is 16.3 Å². The van der Waals surface area contributed by atoms with E-state index in [-0.39, 0.29) is 5.91 Å². The van der Waals surface area contributed by atoms with Crippen LogP contribution in [0.5, 0.6) is 5.75 Å². The van der Waals surface area contributed by atoms with Gasteiger partial charge in [0.15, 0.2) is 0 Å². The third-order valence-electron chi connectivity index (χ3n) is 4.47. The van der Waals surface area contributed by atoms with Gasteiger partial charge in [0.2, 0.25) is 0 Å². The average molecular weight is 431 g/mol. The molecule has 0 aliphatic heterocycles. The molecule has 0 aliphatic rings. The quantitative estimate of drug-likeness (QED) is 0.317. The van der Waals surface area contributed by atoms with E-state index in [0.717, 1.165) is 16.7 Å². The molecule has 0 saturated heterocycles. The molecule has 3 aromatic carbocycles. The van der Waals surface area contributed by atoms with Crippen LogP contribution >= 0.6 is 11.6 Å². The zero-order valence-electron chi connectivity index (χ0n) is 16.5. The summed E-state index contributed by atoms with van der Waals surface area (Å²) in [7, 11) is 0. The van der Waals surface area contributed by atoms with Crippen LogP contribution in [-0.4, -0.2) is 22.3 Å². The number of amides is 1. The minimum atomic E-state index is -0.384. The Morgan fingerprint density at radius 1 is 1.03 bits per heavy atom. The predicted octanol–water partition coefficient (Wildman–Crippen LogP) is 5.07. The number of H-pyrrole nitrogens is 1. The van der Waals surface area contributed by atoms with E-state index in [1.54, 1.807) is 12.3 Å². The normalized spacial score (nSPS) is 10.9. The van der Waals surface area contributed by atoms with Gasteiger partial charge in [0.1, 0.15) is 18.1 Å². The van der Waals surface area contributed by atoms with Crippen molar-refractivity contribution in [3.05, 3.63) is 107 Å². The monoisotopic (exact) mass is 430 g/mol. The molecule has 4 aromatic rings. The number of ether oxygens (including phenoxy) is 1. The summed E-state index contributed by atoms with van der Waals surface area (Å²) in [6.07, 6.45) is 1.58. The summed E-state index contributed by atoms with van der Waals surface area (Å²) in [6.45, 7) is 0.389. The van der Waals surface area contributed by atoms with Gasteiger partial charge in [-0.1, -0.05) is 66.2 Å². The smallest absolute Gasteiger partial charge is 0.289 e. The van der Waals surface area contributed by atoms with Gasteiger partial charge in [0.05, 0.1) is 11.9 Å². The van der Waals surface area contributed by atoms with Crippen LogP contribution in [0.15, 0.2) is 90.0 Å². The van der Waals surface area contributed by atoms with E-state index >= 15 is 0 Å². The fourth-order valence-corrected chi connectivity index (χ4v) is 3.01. The number of hydrogen-bond donors (Lipinski definition) is 2. The molecule has 0 radical (unpaired) electrons. The van der Waals surface area contributed by atoms with Crippen LogP contribution in [0.4, 0.5) is 0 Å². The van der Waals surface area contributed by atoms with Crippen molar-refractivity contribution in [3.8, 4) is 17.0 Å². The number of aromatic amines is 1. The third kappa shape index (κ3) is 5.38. The largest absolute Gasteiger partial charge is 0.488 e. The standard InChI is InChI=1S/C24H19ClN4O2/c25-19-12-10-18(11-13-19)16-31-23-9-5-4-8-20(23)21-14-22(28-27-21)24(30)29-26-15-17-6-2-1-3-7-17/h1-15H,16H2,(H,27,28)(H,29,30)/b26-15-. The van der Waals surface area contributed by atoms with Crippen LogP contribution < -0.4 is 10.2 Å². The van der Waals surface area contributed by atoms with Crippen molar-refractivity contribution in [2.75, 3.05) is 0 Å². The molecule has 2 N–H and O–H groups in total. The Bertz CT molecular complexity index is 1190. The van der Waals surface area contributed by atoms with Crippen molar-refractivity contribution in [2.45, 2.75) is 6.61 Å². The summed E-state index contributed by atoms with van der Waals surface area (Å²) in [5.41, 5.74) is 6.06. The van der Waals surface area contributed by atoms with Gasteiger partial charge in [0, 0.05) is 10.6 Å². The van der Waals surface area contributed by atoms with Crippen LogP contribution in [0.3, 0.4) is 0 Å². The number of nitrogens with one attached hydrogen (secondary N) is 2. The van der Waals surface area contributed by atoms with E-state index < -0.39 is 0 Å². The molecule has 154 valence electrons. The highest BCUT2D eigenvalue weighted by Gasteiger charge is 2.13. The highest BCUT2D eigenvalue weighted by molar-refractivity contribution is 6.30. The van der Waals surface area contributed by atoms with Gasteiger partial charge in [-0.05, 0) is 41.5 Å². The molecule has 0 fully saturated rings. The molecule has 0 unspecified atom stereocenters. The first kappa shape index (κ1) is 20.4. The molecule has 0 atom stereocenters. The Hall–Kier alpha value is -3.90. The lowest BCUT2D eigenvalue weighted by Gasteiger charge is -2.10. The van der Waals surface area contributed by atoms with E-state index in [2.05, 4.69) is 20.7 Å². The number of aromatic nitrogens is 2. The number of hydrazone groups is 1. The summed E-state index contributed by atoms with van der Waals surface area (Å²) < 4.78 is 5.98. The summed E-state index contributed by atoms with van der Waals surface area (Å²) in [5.74, 6) is 0.281. The number of halogens is 1. The molecule has 7 heteroatoms. The lowest BCUT2D eigenvalue weighted by atomic mass is 10.1. The molecule has 1 amide bonds. The van der Waals surface area contributed by atoms with Gasteiger partial charge in [0.25, 0.3) is 5.91 Å². The molecular weight excluding hydrogens is 412 g/mol. The minimum Gasteiger partial charge on any atom is -0.488 e. The molecule has 0 bridgehead atoms. The SMILES string of the molecule is O=C(N/N=C\c1ccccc1)c1cc(-c2ccccc2OCc2ccc(Cl)cc2)n[nH]1. The van der Waals surface area contributed by atoms with Gasteiger partial charge in [-0.3, -0.25) is 9.89 Å². The lowest BCUT2D eigenvalue weighted by Crippen LogP contribution is -2.17. The zero-order valence-corrected chi connectivity index (χ0v) is 17.2.